The van der Waals surface area contributed by atoms with Gasteiger partial charge in [-0.15, -0.1) is 0 Å². The standard InChI is InChI=1S/C20H27NO3/c1-14(18-13-17(23-3)10-11-20(18)24-4)21-15(2)19(22)12-16-8-6-5-7-9-16/h5-11,13-15,19,21-22H,12H2,1-4H3. The Balaban J connectivity index is 2.04. The van der Waals surface area contributed by atoms with E-state index in [-0.39, 0.29) is 12.1 Å². The van der Waals surface area contributed by atoms with Gasteiger partial charge < -0.3 is 19.9 Å². The average Bonchev–Trinajstić information content (AvgIpc) is 2.61. The molecule has 4 heteroatoms. The fourth-order valence-electron chi connectivity index (χ4n) is 2.81. The molecule has 3 unspecified atom stereocenters. The van der Waals surface area contributed by atoms with Crippen molar-refractivity contribution in [2.45, 2.75) is 38.5 Å². The molecule has 4 nitrogen and oxygen atoms in total. The van der Waals surface area contributed by atoms with Crippen molar-refractivity contribution in [1.82, 2.24) is 5.32 Å². The van der Waals surface area contributed by atoms with Crippen LogP contribution in [0.25, 0.3) is 0 Å². The van der Waals surface area contributed by atoms with E-state index in [2.05, 4.69) is 12.2 Å². The second kappa shape index (κ2) is 8.71. The van der Waals surface area contributed by atoms with Gasteiger partial charge in [0.1, 0.15) is 11.5 Å². The maximum atomic E-state index is 10.5. The first-order chi connectivity index (χ1) is 11.5. The van der Waals surface area contributed by atoms with Crippen molar-refractivity contribution < 1.29 is 14.6 Å². The molecule has 0 radical (unpaired) electrons. The largest absolute Gasteiger partial charge is 0.497 e. The number of ether oxygens (including phenoxy) is 2. The highest BCUT2D eigenvalue weighted by atomic mass is 16.5. The number of benzene rings is 2. The predicted molar refractivity (Wildman–Crippen MR) is 96.7 cm³/mol. The van der Waals surface area contributed by atoms with E-state index in [9.17, 15) is 5.11 Å². The molecule has 0 aliphatic carbocycles. The Labute approximate surface area is 144 Å². The van der Waals surface area contributed by atoms with Crippen LogP contribution in [-0.2, 0) is 6.42 Å². The summed E-state index contributed by atoms with van der Waals surface area (Å²) in [5.41, 5.74) is 2.14. The Morgan fingerprint density at radius 1 is 1.00 bits per heavy atom. The van der Waals surface area contributed by atoms with Gasteiger partial charge in [0.25, 0.3) is 0 Å². The third kappa shape index (κ3) is 4.73. The van der Waals surface area contributed by atoms with Gasteiger partial charge in [0.15, 0.2) is 0 Å². The maximum absolute atomic E-state index is 10.5. The van der Waals surface area contributed by atoms with Crippen molar-refractivity contribution in [1.29, 1.82) is 0 Å². The molecule has 0 fully saturated rings. The lowest BCUT2D eigenvalue weighted by atomic mass is 10.0. The maximum Gasteiger partial charge on any atom is 0.123 e. The lowest BCUT2D eigenvalue weighted by molar-refractivity contribution is 0.129. The molecule has 0 heterocycles. The molecule has 0 aliphatic heterocycles. The molecule has 0 amide bonds. The minimum Gasteiger partial charge on any atom is -0.497 e. The zero-order valence-electron chi connectivity index (χ0n) is 14.8. The number of rotatable bonds is 8. The number of hydrogen-bond acceptors (Lipinski definition) is 4. The highest BCUT2D eigenvalue weighted by Crippen LogP contribution is 2.29. The summed E-state index contributed by atoms with van der Waals surface area (Å²) in [7, 11) is 3.31. The van der Waals surface area contributed by atoms with Crippen LogP contribution < -0.4 is 14.8 Å². The van der Waals surface area contributed by atoms with E-state index < -0.39 is 6.10 Å². The number of aliphatic hydroxyl groups is 1. The minimum atomic E-state index is -0.466. The summed E-state index contributed by atoms with van der Waals surface area (Å²) in [6, 6.07) is 15.7. The van der Waals surface area contributed by atoms with Crippen molar-refractivity contribution in [3.8, 4) is 11.5 Å². The number of hydrogen-bond donors (Lipinski definition) is 2. The molecule has 24 heavy (non-hydrogen) atoms. The third-order valence-electron chi connectivity index (χ3n) is 4.28. The molecule has 0 aliphatic rings. The van der Waals surface area contributed by atoms with Gasteiger partial charge in [-0.1, -0.05) is 30.3 Å². The first kappa shape index (κ1) is 18.3. The van der Waals surface area contributed by atoms with Crippen LogP contribution in [0.5, 0.6) is 11.5 Å². The van der Waals surface area contributed by atoms with Gasteiger partial charge >= 0.3 is 0 Å². The summed E-state index contributed by atoms with van der Waals surface area (Å²) in [5.74, 6) is 1.59. The molecule has 2 aromatic carbocycles. The van der Waals surface area contributed by atoms with Crippen LogP contribution >= 0.6 is 0 Å². The molecule has 2 N–H and O–H groups in total. The normalized spacial score (nSPS) is 14.7. The highest BCUT2D eigenvalue weighted by molar-refractivity contribution is 5.42. The summed E-state index contributed by atoms with van der Waals surface area (Å²) in [6.45, 7) is 4.06. The van der Waals surface area contributed by atoms with Gasteiger partial charge in [0, 0.05) is 17.6 Å². The van der Waals surface area contributed by atoms with Gasteiger partial charge in [-0.3, -0.25) is 0 Å². The summed E-state index contributed by atoms with van der Waals surface area (Å²) in [4.78, 5) is 0. The van der Waals surface area contributed by atoms with Crippen LogP contribution in [0.3, 0.4) is 0 Å². The quantitative estimate of drug-likeness (QED) is 0.780. The molecule has 0 saturated heterocycles. The van der Waals surface area contributed by atoms with Gasteiger partial charge in [-0.2, -0.15) is 0 Å². The molecule has 2 rings (SSSR count). The topological polar surface area (TPSA) is 50.7 Å². The van der Waals surface area contributed by atoms with E-state index in [0.29, 0.717) is 6.42 Å². The van der Waals surface area contributed by atoms with Crippen molar-refractivity contribution in [2.24, 2.45) is 0 Å². The van der Waals surface area contributed by atoms with Crippen molar-refractivity contribution in [3.63, 3.8) is 0 Å². The Kier molecular flexibility index (Phi) is 6.64. The fourth-order valence-corrected chi connectivity index (χ4v) is 2.81. The van der Waals surface area contributed by atoms with Crippen molar-refractivity contribution >= 4 is 0 Å². The third-order valence-corrected chi connectivity index (χ3v) is 4.28. The molecular formula is C20H27NO3. The fraction of sp³-hybridized carbons (Fsp3) is 0.400. The summed E-state index contributed by atoms with van der Waals surface area (Å²) in [5, 5.41) is 13.9. The van der Waals surface area contributed by atoms with Crippen molar-refractivity contribution in [3.05, 3.63) is 59.7 Å². The number of methoxy groups -OCH3 is 2. The molecule has 130 valence electrons. The molecule has 0 spiro atoms. The van der Waals surface area contributed by atoms with Crippen LogP contribution in [0, 0.1) is 0 Å². The van der Waals surface area contributed by atoms with E-state index in [1.165, 1.54) is 0 Å². The first-order valence-corrected chi connectivity index (χ1v) is 8.25. The monoisotopic (exact) mass is 329 g/mol. The summed E-state index contributed by atoms with van der Waals surface area (Å²) in [6.07, 6.45) is 0.156. The van der Waals surface area contributed by atoms with E-state index in [1.54, 1.807) is 14.2 Å². The summed E-state index contributed by atoms with van der Waals surface area (Å²) < 4.78 is 10.7. The van der Waals surface area contributed by atoms with Gasteiger partial charge in [-0.05, 0) is 44.0 Å². The van der Waals surface area contributed by atoms with Gasteiger partial charge in [-0.25, -0.2) is 0 Å². The van der Waals surface area contributed by atoms with Gasteiger partial charge in [0.2, 0.25) is 0 Å². The van der Waals surface area contributed by atoms with Gasteiger partial charge in [0.05, 0.1) is 20.3 Å². The molecule has 0 saturated carbocycles. The zero-order valence-corrected chi connectivity index (χ0v) is 14.8. The van der Waals surface area contributed by atoms with E-state index in [4.69, 9.17) is 9.47 Å². The second-order valence-corrected chi connectivity index (χ2v) is 6.04. The molecule has 3 atom stereocenters. The molecule has 0 bridgehead atoms. The Hall–Kier alpha value is -2.04. The SMILES string of the molecule is COc1ccc(OC)c(C(C)NC(C)C(O)Cc2ccccc2)c1. The number of aliphatic hydroxyl groups excluding tert-OH is 1. The summed E-state index contributed by atoms with van der Waals surface area (Å²) >= 11 is 0. The molecule has 0 aromatic heterocycles. The van der Waals surface area contributed by atoms with Crippen LogP contribution in [0.2, 0.25) is 0 Å². The lowest BCUT2D eigenvalue weighted by Crippen LogP contribution is -2.40. The van der Waals surface area contributed by atoms with Crippen LogP contribution in [0.1, 0.15) is 31.0 Å². The molecular weight excluding hydrogens is 302 g/mol. The average molecular weight is 329 g/mol. The predicted octanol–water partition coefficient (Wildman–Crippen LogP) is 3.35. The van der Waals surface area contributed by atoms with Crippen LogP contribution in [-0.4, -0.2) is 31.5 Å². The number of nitrogens with one attached hydrogen (secondary N) is 1. The second-order valence-electron chi connectivity index (χ2n) is 6.04. The Morgan fingerprint density at radius 2 is 1.71 bits per heavy atom. The molecule has 2 aromatic rings. The van der Waals surface area contributed by atoms with Crippen LogP contribution in [0.4, 0.5) is 0 Å². The van der Waals surface area contributed by atoms with E-state index >= 15 is 0 Å². The zero-order chi connectivity index (χ0) is 17.5. The van der Waals surface area contributed by atoms with Crippen LogP contribution in [0.15, 0.2) is 48.5 Å². The minimum absolute atomic E-state index is 0.0236. The van der Waals surface area contributed by atoms with E-state index in [0.717, 1.165) is 22.6 Å². The smallest absolute Gasteiger partial charge is 0.123 e. The van der Waals surface area contributed by atoms with E-state index in [1.807, 2.05) is 55.5 Å². The Morgan fingerprint density at radius 3 is 2.33 bits per heavy atom. The lowest BCUT2D eigenvalue weighted by Gasteiger charge is -2.26. The van der Waals surface area contributed by atoms with Crippen molar-refractivity contribution in [2.75, 3.05) is 14.2 Å². The Bertz CT molecular complexity index is 630. The highest BCUT2D eigenvalue weighted by Gasteiger charge is 2.20. The first-order valence-electron chi connectivity index (χ1n) is 8.25.